The summed E-state index contributed by atoms with van der Waals surface area (Å²) in [5, 5.41) is 13.5. The normalized spacial score (nSPS) is 25.7. The van der Waals surface area contributed by atoms with E-state index >= 15 is 0 Å². The van der Waals surface area contributed by atoms with E-state index in [4.69, 9.17) is 11.6 Å². The van der Waals surface area contributed by atoms with Crippen LogP contribution in [0.25, 0.3) is 0 Å². The zero-order valence-electron chi connectivity index (χ0n) is 10.7. The van der Waals surface area contributed by atoms with E-state index in [9.17, 15) is 9.90 Å². The Hall–Kier alpha value is -0.780. The summed E-state index contributed by atoms with van der Waals surface area (Å²) in [6, 6.07) is 3.28. The van der Waals surface area contributed by atoms with Crippen LogP contribution in [0.3, 0.4) is 0 Å². The van der Waals surface area contributed by atoms with E-state index in [0.29, 0.717) is 5.56 Å². The SMILES string of the molecule is CCS[C@@H]1CC[C@]1(O)CNC(=O)c1cccnc1Cl. The third kappa shape index (κ3) is 3.22. The van der Waals surface area contributed by atoms with Crippen molar-refractivity contribution in [3.63, 3.8) is 0 Å². The molecule has 1 aromatic rings. The molecular weight excluding hydrogens is 284 g/mol. The van der Waals surface area contributed by atoms with Gasteiger partial charge in [-0.25, -0.2) is 4.98 Å². The van der Waals surface area contributed by atoms with Gasteiger partial charge >= 0.3 is 0 Å². The topological polar surface area (TPSA) is 62.2 Å². The van der Waals surface area contributed by atoms with Crippen molar-refractivity contribution >= 4 is 29.3 Å². The Morgan fingerprint density at radius 2 is 2.53 bits per heavy atom. The highest BCUT2D eigenvalue weighted by Gasteiger charge is 2.45. The largest absolute Gasteiger partial charge is 0.387 e. The molecule has 6 heteroatoms. The molecule has 0 radical (unpaired) electrons. The molecule has 2 atom stereocenters. The predicted molar refractivity (Wildman–Crippen MR) is 77.7 cm³/mol. The highest BCUT2D eigenvalue weighted by Crippen LogP contribution is 2.40. The molecule has 1 fully saturated rings. The first-order valence-corrected chi connectivity index (χ1v) is 7.72. The maximum absolute atomic E-state index is 12.0. The van der Waals surface area contributed by atoms with Gasteiger partial charge in [0.25, 0.3) is 5.91 Å². The quantitative estimate of drug-likeness (QED) is 0.818. The number of rotatable bonds is 5. The fourth-order valence-electron chi connectivity index (χ4n) is 2.12. The lowest BCUT2D eigenvalue weighted by atomic mass is 9.79. The summed E-state index contributed by atoms with van der Waals surface area (Å²) in [6.07, 6.45) is 3.26. The Labute approximate surface area is 121 Å². The van der Waals surface area contributed by atoms with E-state index in [1.54, 1.807) is 23.9 Å². The van der Waals surface area contributed by atoms with Crippen molar-refractivity contribution in [2.24, 2.45) is 0 Å². The van der Waals surface area contributed by atoms with Crippen molar-refractivity contribution < 1.29 is 9.90 Å². The van der Waals surface area contributed by atoms with Crippen LogP contribution in [0.4, 0.5) is 0 Å². The number of nitrogens with zero attached hydrogens (tertiary/aromatic N) is 1. The second-order valence-electron chi connectivity index (χ2n) is 4.61. The minimum absolute atomic E-state index is 0.181. The van der Waals surface area contributed by atoms with E-state index in [-0.39, 0.29) is 22.9 Å². The van der Waals surface area contributed by atoms with E-state index in [1.165, 1.54) is 6.20 Å². The number of thioether (sulfide) groups is 1. The summed E-state index contributed by atoms with van der Waals surface area (Å²) in [5.41, 5.74) is -0.447. The monoisotopic (exact) mass is 300 g/mol. The highest BCUT2D eigenvalue weighted by molar-refractivity contribution is 8.00. The fourth-order valence-corrected chi connectivity index (χ4v) is 3.52. The third-order valence-corrected chi connectivity index (χ3v) is 5.08. The minimum atomic E-state index is -0.787. The number of carbonyl (C=O) groups excluding carboxylic acids is 1. The van der Waals surface area contributed by atoms with E-state index in [1.807, 2.05) is 0 Å². The highest BCUT2D eigenvalue weighted by atomic mass is 35.5. The molecule has 0 saturated heterocycles. The molecule has 0 aromatic carbocycles. The van der Waals surface area contributed by atoms with Gasteiger partial charge in [-0.2, -0.15) is 11.8 Å². The Bertz CT molecular complexity index is 472. The van der Waals surface area contributed by atoms with Crippen molar-refractivity contribution in [2.75, 3.05) is 12.3 Å². The van der Waals surface area contributed by atoms with Gasteiger partial charge in [-0.3, -0.25) is 4.79 Å². The van der Waals surface area contributed by atoms with Crippen molar-refractivity contribution in [2.45, 2.75) is 30.6 Å². The lowest BCUT2D eigenvalue weighted by molar-refractivity contribution is -0.0221. The smallest absolute Gasteiger partial charge is 0.254 e. The molecule has 19 heavy (non-hydrogen) atoms. The number of amides is 1. The summed E-state index contributed by atoms with van der Waals surface area (Å²) < 4.78 is 0. The van der Waals surface area contributed by atoms with Gasteiger partial charge in [0.1, 0.15) is 5.15 Å². The summed E-state index contributed by atoms with van der Waals surface area (Å²) >= 11 is 7.59. The van der Waals surface area contributed by atoms with Gasteiger partial charge < -0.3 is 10.4 Å². The van der Waals surface area contributed by atoms with Crippen LogP contribution in [0, 0.1) is 0 Å². The molecular formula is C13H17ClN2O2S. The van der Waals surface area contributed by atoms with Gasteiger partial charge in [-0.1, -0.05) is 18.5 Å². The van der Waals surface area contributed by atoms with Crippen LogP contribution in [0.5, 0.6) is 0 Å². The lowest BCUT2D eigenvalue weighted by Crippen LogP contribution is -2.57. The third-order valence-electron chi connectivity index (χ3n) is 3.37. The first-order valence-electron chi connectivity index (χ1n) is 6.29. The molecule has 1 aliphatic rings. The average molecular weight is 301 g/mol. The average Bonchev–Trinajstić information content (AvgIpc) is 2.41. The number of aliphatic hydroxyl groups is 1. The molecule has 0 spiro atoms. The number of carbonyl (C=O) groups is 1. The summed E-state index contributed by atoms with van der Waals surface area (Å²) in [7, 11) is 0. The van der Waals surface area contributed by atoms with Crippen LogP contribution in [-0.2, 0) is 0 Å². The first kappa shape index (κ1) is 14.6. The maximum atomic E-state index is 12.0. The van der Waals surface area contributed by atoms with E-state index in [0.717, 1.165) is 18.6 Å². The molecule has 4 nitrogen and oxygen atoms in total. The molecule has 0 bridgehead atoms. The molecule has 0 unspecified atom stereocenters. The Kier molecular flexibility index (Phi) is 4.71. The molecule has 0 aliphatic heterocycles. The lowest BCUT2D eigenvalue weighted by Gasteiger charge is -2.45. The second-order valence-corrected chi connectivity index (χ2v) is 6.45. The first-order chi connectivity index (χ1) is 9.07. The molecule has 1 amide bonds. The molecule has 2 N–H and O–H groups in total. The zero-order valence-corrected chi connectivity index (χ0v) is 12.3. The van der Waals surface area contributed by atoms with Gasteiger partial charge in [0.2, 0.25) is 0 Å². The number of aromatic nitrogens is 1. The predicted octanol–water partition coefficient (Wildman–Crippen LogP) is 2.11. The Morgan fingerprint density at radius 3 is 3.11 bits per heavy atom. The van der Waals surface area contributed by atoms with E-state index < -0.39 is 5.60 Å². The van der Waals surface area contributed by atoms with Crippen LogP contribution < -0.4 is 5.32 Å². The molecule has 104 valence electrons. The molecule has 1 aliphatic carbocycles. The van der Waals surface area contributed by atoms with Gasteiger partial charge in [0.15, 0.2) is 0 Å². The summed E-state index contributed by atoms with van der Waals surface area (Å²) in [4.78, 5) is 15.8. The number of halogens is 1. The van der Waals surface area contributed by atoms with Gasteiger partial charge in [-0.05, 0) is 30.7 Å². The van der Waals surface area contributed by atoms with Crippen LogP contribution in [-0.4, -0.2) is 39.1 Å². The fraction of sp³-hybridized carbons (Fsp3) is 0.538. The standard InChI is InChI=1S/C13H17ClN2O2S/c1-2-19-10-5-6-13(10,18)8-16-12(17)9-4-3-7-15-11(9)14/h3-4,7,10,18H,2,5-6,8H2,1H3,(H,16,17)/t10-,13+/m1/s1. The number of hydrogen-bond acceptors (Lipinski definition) is 4. The zero-order chi connectivity index (χ0) is 13.9. The molecule has 1 aromatic heterocycles. The van der Waals surface area contributed by atoms with Crippen molar-refractivity contribution in [1.82, 2.24) is 10.3 Å². The van der Waals surface area contributed by atoms with Crippen molar-refractivity contribution in [1.29, 1.82) is 0 Å². The Morgan fingerprint density at radius 1 is 1.74 bits per heavy atom. The molecule has 1 saturated carbocycles. The number of hydrogen-bond donors (Lipinski definition) is 2. The molecule has 2 rings (SSSR count). The molecule has 1 heterocycles. The number of nitrogens with one attached hydrogen (secondary N) is 1. The van der Waals surface area contributed by atoms with Gasteiger partial charge in [0, 0.05) is 18.0 Å². The van der Waals surface area contributed by atoms with E-state index in [2.05, 4.69) is 17.2 Å². The van der Waals surface area contributed by atoms with Gasteiger partial charge in [0.05, 0.1) is 11.2 Å². The summed E-state index contributed by atoms with van der Waals surface area (Å²) in [5.74, 6) is 0.675. The Balaban J connectivity index is 1.92. The minimum Gasteiger partial charge on any atom is -0.387 e. The second kappa shape index (κ2) is 6.11. The van der Waals surface area contributed by atoms with Gasteiger partial charge in [-0.15, -0.1) is 0 Å². The van der Waals surface area contributed by atoms with Crippen LogP contribution in [0.1, 0.15) is 30.1 Å². The van der Waals surface area contributed by atoms with Crippen molar-refractivity contribution in [3.05, 3.63) is 29.0 Å². The van der Waals surface area contributed by atoms with Crippen LogP contribution >= 0.6 is 23.4 Å². The maximum Gasteiger partial charge on any atom is 0.254 e. The van der Waals surface area contributed by atoms with Crippen LogP contribution in [0.2, 0.25) is 5.15 Å². The van der Waals surface area contributed by atoms with Crippen molar-refractivity contribution in [3.8, 4) is 0 Å². The summed E-state index contributed by atoms with van der Waals surface area (Å²) in [6.45, 7) is 2.33. The van der Waals surface area contributed by atoms with Crippen LogP contribution in [0.15, 0.2) is 18.3 Å². The number of pyridine rings is 1.